The summed E-state index contributed by atoms with van der Waals surface area (Å²) in [5.74, 6) is -5.26. The van der Waals surface area contributed by atoms with Gasteiger partial charge in [0.15, 0.2) is 19.9 Å². The molecule has 12 heteroatoms. The lowest BCUT2D eigenvalue weighted by Crippen LogP contribution is -2.57. The lowest BCUT2D eigenvalue weighted by atomic mass is 9.88. The molecule has 0 radical (unpaired) electrons. The Morgan fingerprint density at radius 1 is 0.974 bits per heavy atom. The number of hydrogen-bond donors (Lipinski definition) is 4. The fourth-order valence-corrected chi connectivity index (χ4v) is 4.26. The third-order valence-electron chi connectivity index (χ3n) is 6.03. The van der Waals surface area contributed by atoms with Crippen LogP contribution in [0, 0.1) is 11.8 Å². The number of esters is 1. The van der Waals surface area contributed by atoms with Crippen molar-refractivity contribution in [3.8, 4) is 11.1 Å². The number of benzene rings is 2. The number of amides is 2. The first-order valence-electron chi connectivity index (χ1n) is 12.2. The summed E-state index contributed by atoms with van der Waals surface area (Å²) in [6, 6.07) is 15.2. The Balaban J connectivity index is 2.50. The number of methoxy groups -OCH3 is 1. The van der Waals surface area contributed by atoms with Crippen molar-refractivity contribution in [1.82, 2.24) is 10.6 Å². The molecule has 39 heavy (non-hydrogen) atoms. The minimum atomic E-state index is -2.56. The zero-order valence-electron chi connectivity index (χ0n) is 22.1. The van der Waals surface area contributed by atoms with E-state index in [9.17, 15) is 34.0 Å². The molecule has 0 bridgehead atoms. The van der Waals surface area contributed by atoms with Crippen LogP contribution in [0.4, 0.5) is 4.79 Å². The summed E-state index contributed by atoms with van der Waals surface area (Å²) in [6.45, 7) is 3.76. The third kappa shape index (κ3) is 8.59. The Labute approximate surface area is 228 Å². The fourth-order valence-electron chi connectivity index (χ4n) is 3.66. The van der Waals surface area contributed by atoms with E-state index in [1.54, 1.807) is 12.1 Å². The topological polar surface area (TPSA) is 168 Å². The van der Waals surface area contributed by atoms with E-state index in [1.807, 2.05) is 42.5 Å². The van der Waals surface area contributed by atoms with E-state index in [4.69, 9.17) is 4.74 Å². The molecule has 11 nitrogen and oxygen atoms in total. The van der Waals surface area contributed by atoms with E-state index in [-0.39, 0.29) is 6.42 Å². The van der Waals surface area contributed by atoms with Crippen LogP contribution in [-0.2, 0) is 34.8 Å². The number of aliphatic hydroxyl groups is 1. The first-order chi connectivity index (χ1) is 18.4. The molecule has 4 N–H and O–H groups in total. The molecule has 0 aromatic heterocycles. The highest BCUT2D eigenvalue weighted by atomic mass is 31.1. The molecular formula is C27H33N2O9P. The van der Waals surface area contributed by atoms with E-state index in [0.717, 1.165) is 18.2 Å². The zero-order chi connectivity index (χ0) is 29.2. The Morgan fingerprint density at radius 3 is 2.08 bits per heavy atom. The fraction of sp³-hybridized carbons (Fsp3) is 0.407. The molecule has 4 unspecified atom stereocenters. The summed E-state index contributed by atoms with van der Waals surface area (Å²) in [5, 5.41) is 23.0. The molecule has 4 atom stereocenters. The van der Waals surface area contributed by atoms with Crippen LogP contribution >= 0.6 is 8.46 Å². The molecule has 0 saturated heterocycles. The van der Waals surface area contributed by atoms with E-state index in [2.05, 4.69) is 15.4 Å². The average molecular weight is 561 g/mol. The molecule has 0 aliphatic rings. The third-order valence-corrected chi connectivity index (χ3v) is 6.92. The van der Waals surface area contributed by atoms with E-state index in [1.165, 1.54) is 20.8 Å². The van der Waals surface area contributed by atoms with Crippen molar-refractivity contribution in [3.05, 3.63) is 60.2 Å². The molecule has 0 aliphatic carbocycles. The van der Waals surface area contributed by atoms with Crippen molar-refractivity contribution in [3.63, 3.8) is 0 Å². The van der Waals surface area contributed by atoms with Crippen LogP contribution in [0.2, 0.25) is 0 Å². The van der Waals surface area contributed by atoms with Crippen LogP contribution in [-0.4, -0.2) is 65.3 Å². The van der Waals surface area contributed by atoms with Crippen molar-refractivity contribution in [2.24, 2.45) is 11.8 Å². The van der Waals surface area contributed by atoms with Gasteiger partial charge in [-0.15, -0.1) is 0 Å². The van der Waals surface area contributed by atoms with Crippen molar-refractivity contribution >= 4 is 32.4 Å². The van der Waals surface area contributed by atoms with Gasteiger partial charge in [-0.3, -0.25) is 18.9 Å². The van der Waals surface area contributed by atoms with Gasteiger partial charge in [-0.2, -0.15) is 0 Å². The highest BCUT2D eigenvalue weighted by Crippen LogP contribution is 2.37. The van der Waals surface area contributed by atoms with Gasteiger partial charge in [-0.05, 0) is 30.0 Å². The zero-order valence-corrected chi connectivity index (χ0v) is 23.0. The number of carbonyl (C=O) groups is 4. The Bertz CT molecular complexity index is 1160. The molecule has 2 aromatic rings. The first kappa shape index (κ1) is 31.4. The van der Waals surface area contributed by atoms with Crippen LogP contribution in [0.25, 0.3) is 11.1 Å². The lowest BCUT2D eigenvalue weighted by molar-refractivity contribution is -0.166. The van der Waals surface area contributed by atoms with E-state index >= 15 is 0 Å². The number of nitrogens with one attached hydrogen (secondary N) is 2. The van der Waals surface area contributed by atoms with Gasteiger partial charge < -0.3 is 30.3 Å². The first-order valence-corrected chi connectivity index (χ1v) is 13.0. The summed E-state index contributed by atoms with van der Waals surface area (Å²) in [7, 11) is 0.108. The van der Waals surface area contributed by atoms with Crippen LogP contribution in [0.1, 0.15) is 26.3 Å². The number of ether oxygens (including phenoxy) is 2. The number of carboxylic acids is 1. The smallest absolute Gasteiger partial charge is 0.406 e. The number of carbonyl (C=O) groups excluding carboxylic acids is 3. The monoisotopic (exact) mass is 560 g/mol. The maximum Gasteiger partial charge on any atom is 0.406 e. The summed E-state index contributed by atoms with van der Waals surface area (Å²) in [5.41, 5.74) is 2.40. The van der Waals surface area contributed by atoms with Gasteiger partial charge in [-0.25, -0.2) is 4.79 Å². The van der Waals surface area contributed by atoms with Crippen LogP contribution in [0.5, 0.6) is 0 Å². The molecule has 0 spiro atoms. The van der Waals surface area contributed by atoms with Gasteiger partial charge in [0.1, 0.15) is 6.04 Å². The predicted molar refractivity (Wildman–Crippen MR) is 142 cm³/mol. The summed E-state index contributed by atoms with van der Waals surface area (Å²) in [6.07, 6.45) is -2.78. The summed E-state index contributed by atoms with van der Waals surface area (Å²) in [4.78, 5) is 48.9. The molecular weight excluding hydrogens is 527 g/mol. The maximum absolute atomic E-state index is 13.3. The predicted octanol–water partition coefficient (Wildman–Crippen LogP) is 3.01. The van der Waals surface area contributed by atoms with Crippen molar-refractivity contribution in [2.75, 3.05) is 13.7 Å². The highest BCUT2D eigenvalue weighted by Gasteiger charge is 2.51. The van der Waals surface area contributed by atoms with Gasteiger partial charge in [0.05, 0.1) is 25.5 Å². The van der Waals surface area contributed by atoms with Gasteiger partial charge in [0.25, 0.3) is 0 Å². The number of rotatable bonds is 13. The Hall–Kier alpha value is -3.82. The average Bonchev–Trinajstić information content (AvgIpc) is 2.93. The van der Waals surface area contributed by atoms with Gasteiger partial charge in [0.2, 0.25) is 5.91 Å². The van der Waals surface area contributed by atoms with Crippen LogP contribution in [0.15, 0.2) is 54.6 Å². The van der Waals surface area contributed by atoms with Crippen molar-refractivity contribution in [1.29, 1.82) is 0 Å². The van der Waals surface area contributed by atoms with Crippen LogP contribution < -0.4 is 10.6 Å². The van der Waals surface area contributed by atoms with E-state index < -0.39 is 68.3 Å². The normalized spacial score (nSPS) is 14.9. The molecule has 0 fully saturated rings. The Kier molecular flexibility index (Phi) is 11.6. The van der Waals surface area contributed by atoms with Crippen molar-refractivity contribution in [2.45, 2.75) is 44.7 Å². The number of alkyl carbamates (subject to hydrolysis) is 1. The minimum absolute atomic E-state index is 0.201. The highest BCUT2D eigenvalue weighted by molar-refractivity contribution is 7.25. The lowest BCUT2D eigenvalue weighted by Gasteiger charge is -2.36. The number of carboxylic acid groups (broad SMARTS) is 1. The second-order valence-corrected chi connectivity index (χ2v) is 10.1. The minimum Gasteiger partial charge on any atom is -0.480 e. The van der Waals surface area contributed by atoms with Gasteiger partial charge in [-0.1, -0.05) is 68.4 Å². The van der Waals surface area contributed by atoms with Crippen LogP contribution in [0.3, 0.4) is 0 Å². The SMILES string of the molecule is COC(=O)NCC(OC(=O)C(C)C)C(O)(P=O)C(Cc1ccc(-c2ccccc2)cc1)C(=O)NC(C)C(=O)O. The summed E-state index contributed by atoms with van der Waals surface area (Å²) >= 11 is 0. The van der Waals surface area contributed by atoms with Crippen molar-refractivity contribution < 1.29 is 43.4 Å². The molecule has 0 saturated carbocycles. The molecule has 0 heterocycles. The quantitative estimate of drug-likeness (QED) is 0.213. The molecule has 2 aromatic carbocycles. The van der Waals surface area contributed by atoms with Gasteiger partial charge in [0, 0.05) is 0 Å². The second-order valence-electron chi connectivity index (χ2n) is 9.22. The Morgan fingerprint density at radius 2 is 1.56 bits per heavy atom. The molecule has 2 amide bonds. The molecule has 2 rings (SSSR count). The van der Waals surface area contributed by atoms with Gasteiger partial charge >= 0.3 is 18.0 Å². The maximum atomic E-state index is 13.3. The number of hydrogen-bond acceptors (Lipinski definition) is 8. The standard InChI is InChI=1S/C27H33N2O9P/c1-16(2)25(33)38-22(15-28-26(34)37-4)27(35,39-36)21(23(30)29-17(3)24(31)32)14-18-10-12-20(13-11-18)19-8-6-5-7-9-19/h5-13,16-17,21-22,35H,14-15H2,1-4H3,(H,28,34)(H,29,30)(H,31,32). The number of aliphatic carboxylic acids is 1. The summed E-state index contributed by atoms with van der Waals surface area (Å²) < 4.78 is 22.5. The van der Waals surface area contributed by atoms with E-state index in [0.29, 0.717) is 5.56 Å². The second kappa shape index (κ2) is 14.4. The molecule has 0 aliphatic heterocycles. The largest absolute Gasteiger partial charge is 0.480 e. The molecule has 210 valence electrons.